The fourth-order valence-corrected chi connectivity index (χ4v) is 4.34. The third kappa shape index (κ3) is 5.02. The quantitative estimate of drug-likeness (QED) is 0.355. The first-order valence-electron chi connectivity index (χ1n) is 9.98. The summed E-state index contributed by atoms with van der Waals surface area (Å²) in [6, 6.07) is 17.0. The number of phenolic OH excluding ortho intramolecular Hbond substituents is 2. The minimum Gasteiger partial charge on any atom is -0.508 e. The molecule has 4 rings (SSSR count). The number of amides is 1. The van der Waals surface area contributed by atoms with Crippen LogP contribution in [0.1, 0.15) is 15.2 Å². The lowest BCUT2D eigenvalue weighted by Crippen LogP contribution is -2.13. The van der Waals surface area contributed by atoms with Crippen molar-refractivity contribution in [3.8, 4) is 33.1 Å². The van der Waals surface area contributed by atoms with Gasteiger partial charge in [0.05, 0.1) is 19.1 Å². The zero-order chi connectivity index (χ0) is 23.4. The molecule has 2 aromatic heterocycles. The third-order valence-electron chi connectivity index (χ3n) is 4.94. The van der Waals surface area contributed by atoms with Crippen LogP contribution < -0.4 is 5.32 Å². The van der Waals surface area contributed by atoms with E-state index in [-0.39, 0.29) is 29.8 Å². The maximum atomic E-state index is 13.0. The van der Waals surface area contributed by atoms with Gasteiger partial charge in [-0.15, -0.1) is 11.3 Å². The summed E-state index contributed by atoms with van der Waals surface area (Å²) in [7, 11) is 1.36. The zero-order valence-electron chi connectivity index (χ0n) is 17.6. The Hall–Kier alpha value is -4.17. The lowest BCUT2D eigenvalue weighted by molar-refractivity contribution is -0.139. The molecular formula is C25H20N2O5S. The number of methoxy groups -OCH3 is 1. The molecule has 0 aliphatic heterocycles. The minimum absolute atomic E-state index is 0.0574. The number of nitrogens with zero attached hydrogens (tertiary/aromatic N) is 1. The van der Waals surface area contributed by atoms with E-state index < -0.39 is 0 Å². The van der Waals surface area contributed by atoms with E-state index in [0.29, 0.717) is 22.4 Å². The molecule has 7 nitrogen and oxygen atoms in total. The highest BCUT2D eigenvalue weighted by molar-refractivity contribution is 7.15. The van der Waals surface area contributed by atoms with Crippen molar-refractivity contribution in [1.29, 1.82) is 0 Å². The molecule has 0 atom stereocenters. The number of esters is 1. The number of para-hydroxylation sites is 1. The Morgan fingerprint density at radius 1 is 1.00 bits per heavy atom. The molecule has 1 amide bonds. The molecule has 0 spiro atoms. The molecule has 3 N–H and O–H groups in total. The number of nitrogens with one attached hydrogen (secondary N) is 1. The van der Waals surface area contributed by atoms with Gasteiger partial charge in [-0.3, -0.25) is 14.6 Å². The maximum absolute atomic E-state index is 13.0. The van der Waals surface area contributed by atoms with E-state index in [2.05, 4.69) is 10.3 Å². The first kappa shape index (κ1) is 22.0. The molecule has 0 radical (unpaired) electrons. The Labute approximate surface area is 193 Å². The Morgan fingerprint density at radius 2 is 1.82 bits per heavy atom. The molecule has 2 heterocycles. The molecule has 0 aliphatic carbocycles. The lowest BCUT2D eigenvalue weighted by Gasteiger charge is -2.11. The Balaban J connectivity index is 1.58. The van der Waals surface area contributed by atoms with Crippen LogP contribution >= 0.6 is 11.3 Å². The molecule has 33 heavy (non-hydrogen) atoms. The molecular weight excluding hydrogens is 440 g/mol. The second-order valence-corrected chi connectivity index (χ2v) is 8.35. The van der Waals surface area contributed by atoms with E-state index in [4.69, 9.17) is 4.74 Å². The standard InChI is InChI=1S/C25H20N2O5S/c1-32-24(30)12-18-7-9-23(33-18)20-4-2-3-5-21(20)27-25(31)16-10-15(13-26-14-16)19-8-6-17(28)11-22(19)29/h2-11,13-14,28-29H,12H2,1H3,(H,27,31). The number of hydrogen-bond donors (Lipinski definition) is 3. The van der Waals surface area contributed by atoms with Crippen molar-refractivity contribution in [1.82, 2.24) is 4.98 Å². The molecule has 8 heteroatoms. The second kappa shape index (κ2) is 9.54. The number of carbonyl (C=O) groups is 2. The Kier molecular flexibility index (Phi) is 6.37. The molecule has 2 aromatic carbocycles. The number of phenols is 2. The van der Waals surface area contributed by atoms with Crippen LogP contribution in [0.4, 0.5) is 5.69 Å². The fourth-order valence-electron chi connectivity index (χ4n) is 3.31. The average Bonchev–Trinajstić information content (AvgIpc) is 3.27. The van der Waals surface area contributed by atoms with Gasteiger partial charge in [0.25, 0.3) is 5.91 Å². The normalized spacial score (nSPS) is 10.6. The first-order chi connectivity index (χ1) is 15.9. The molecule has 166 valence electrons. The third-order valence-corrected chi connectivity index (χ3v) is 6.06. The van der Waals surface area contributed by atoms with Crippen molar-refractivity contribution in [3.05, 3.63) is 83.5 Å². The van der Waals surface area contributed by atoms with Crippen LogP contribution in [0.25, 0.3) is 21.6 Å². The van der Waals surface area contributed by atoms with Crippen molar-refractivity contribution < 1.29 is 24.5 Å². The van der Waals surface area contributed by atoms with E-state index in [9.17, 15) is 19.8 Å². The van der Waals surface area contributed by atoms with Gasteiger partial charge in [0.2, 0.25) is 0 Å². The van der Waals surface area contributed by atoms with Crippen molar-refractivity contribution >= 4 is 28.9 Å². The number of pyridine rings is 1. The summed E-state index contributed by atoms with van der Waals surface area (Å²) in [6.45, 7) is 0. The monoisotopic (exact) mass is 460 g/mol. The van der Waals surface area contributed by atoms with Gasteiger partial charge < -0.3 is 20.3 Å². The van der Waals surface area contributed by atoms with Crippen LogP contribution in [-0.2, 0) is 16.0 Å². The highest BCUT2D eigenvalue weighted by atomic mass is 32.1. The van der Waals surface area contributed by atoms with E-state index in [0.717, 1.165) is 15.3 Å². The smallest absolute Gasteiger partial charge is 0.310 e. The van der Waals surface area contributed by atoms with Gasteiger partial charge in [-0.25, -0.2) is 0 Å². The van der Waals surface area contributed by atoms with E-state index in [1.54, 1.807) is 18.2 Å². The lowest BCUT2D eigenvalue weighted by atomic mass is 10.0. The van der Waals surface area contributed by atoms with Crippen molar-refractivity contribution in [2.75, 3.05) is 12.4 Å². The molecule has 4 aromatic rings. The minimum atomic E-state index is -0.360. The summed E-state index contributed by atoms with van der Waals surface area (Å²) in [5, 5.41) is 22.6. The number of carbonyl (C=O) groups excluding carboxylic acids is 2. The SMILES string of the molecule is COC(=O)Cc1ccc(-c2ccccc2NC(=O)c2cncc(-c3ccc(O)cc3O)c2)s1. The Bertz CT molecular complexity index is 1330. The molecule has 0 saturated carbocycles. The summed E-state index contributed by atoms with van der Waals surface area (Å²) in [5.41, 5.74) is 2.75. The summed E-state index contributed by atoms with van der Waals surface area (Å²) in [5.74, 6) is -0.836. The number of ether oxygens (including phenoxy) is 1. The number of anilines is 1. The summed E-state index contributed by atoms with van der Waals surface area (Å²) < 4.78 is 4.73. The number of hydrogen-bond acceptors (Lipinski definition) is 7. The second-order valence-electron chi connectivity index (χ2n) is 7.18. The predicted molar refractivity (Wildman–Crippen MR) is 126 cm³/mol. The van der Waals surface area contributed by atoms with Gasteiger partial charge in [-0.2, -0.15) is 0 Å². The number of thiophene rings is 1. The number of benzene rings is 2. The van der Waals surface area contributed by atoms with Gasteiger partial charge in [0.1, 0.15) is 11.5 Å². The zero-order valence-corrected chi connectivity index (χ0v) is 18.4. The maximum Gasteiger partial charge on any atom is 0.310 e. The Morgan fingerprint density at radius 3 is 2.61 bits per heavy atom. The number of rotatable bonds is 6. The fraction of sp³-hybridized carbons (Fsp3) is 0.0800. The van der Waals surface area contributed by atoms with Crippen LogP contribution in [0.2, 0.25) is 0 Å². The van der Waals surface area contributed by atoms with Crippen LogP contribution in [0.15, 0.2) is 73.1 Å². The summed E-state index contributed by atoms with van der Waals surface area (Å²) >= 11 is 1.46. The topological polar surface area (TPSA) is 109 Å². The number of aromatic nitrogens is 1. The van der Waals surface area contributed by atoms with E-state index in [1.807, 2.05) is 30.3 Å². The first-order valence-corrected chi connectivity index (χ1v) is 10.8. The summed E-state index contributed by atoms with van der Waals surface area (Å²) in [6.07, 6.45) is 3.17. The van der Waals surface area contributed by atoms with E-state index >= 15 is 0 Å². The van der Waals surface area contributed by atoms with Gasteiger partial charge in [0.15, 0.2) is 0 Å². The highest BCUT2D eigenvalue weighted by Gasteiger charge is 2.15. The summed E-state index contributed by atoms with van der Waals surface area (Å²) in [4.78, 5) is 30.5. The molecule has 0 fully saturated rings. The number of aromatic hydroxyl groups is 2. The predicted octanol–water partition coefficient (Wildman–Crippen LogP) is 4.86. The highest BCUT2D eigenvalue weighted by Crippen LogP contribution is 2.35. The van der Waals surface area contributed by atoms with Crippen molar-refractivity contribution in [3.63, 3.8) is 0 Å². The van der Waals surface area contributed by atoms with Gasteiger partial charge >= 0.3 is 5.97 Å². The van der Waals surface area contributed by atoms with Crippen LogP contribution in [0.3, 0.4) is 0 Å². The van der Waals surface area contributed by atoms with Crippen molar-refractivity contribution in [2.45, 2.75) is 6.42 Å². The molecule has 0 bridgehead atoms. The molecule has 0 saturated heterocycles. The van der Waals surface area contributed by atoms with Gasteiger partial charge in [0, 0.05) is 50.6 Å². The van der Waals surface area contributed by atoms with Gasteiger partial charge in [-0.1, -0.05) is 18.2 Å². The largest absolute Gasteiger partial charge is 0.508 e. The van der Waals surface area contributed by atoms with Crippen LogP contribution in [-0.4, -0.2) is 34.2 Å². The van der Waals surface area contributed by atoms with Gasteiger partial charge in [-0.05, 0) is 36.4 Å². The molecule has 0 unspecified atom stereocenters. The van der Waals surface area contributed by atoms with Crippen LogP contribution in [0, 0.1) is 0 Å². The molecule has 0 aliphatic rings. The van der Waals surface area contributed by atoms with E-state index in [1.165, 1.54) is 43.0 Å². The average molecular weight is 461 g/mol. The van der Waals surface area contributed by atoms with Crippen molar-refractivity contribution in [2.24, 2.45) is 0 Å². The van der Waals surface area contributed by atoms with Crippen LogP contribution in [0.5, 0.6) is 11.5 Å².